The predicted octanol–water partition coefficient (Wildman–Crippen LogP) is 23.9. The highest BCUT2D eigenvalue weighted by Gasteiger charge is 2.24. The minimum atomic E-state index is -2.48. The summed E-state index contributed by atoms with van der Waals surface area (Å²) in [6.07, 6.45) is 6.86. The number of hydrogen-bond acceptors (Lipinski definition) is 0. The van der Waals surface area contributed by atoms with E-state index in [1.807, 2.05) is 131 Å². The maximum absolute atomic E-state index is 8.65. The average molecular weight is 1390 g/mol. The van der Waals surface area contributed by atoms with Gasteiger partial charge in [-0.05, 0) is 268 Å². The Labute approximate surface area is 646 Å². The molecule has 0 atom stereocenters. The first-order chi connectivity index (χ1) is 54.6. The number of aromatic nitrogens is 4. The summed E-state index contributed by atoms with van der Waals surface area (Å²) in [5, 5.41) is 0. The van der Waals surface area contributed by atoms with Gasteiger partial charge in [-0.15, -0.1) is 0 Å². The third-order valence-corrected chi connectivity index (χ3v) is 19.4. The summed E-state index contributed by atoms with van der Waals surface area (Å²) < 4.78 is 115. The molecule has 4 aromatic heterocycles. The zero-order valence-corrected chi connectivity index (χ0v) is 65.8. The summed E-state index contributed by atoms with van der Waals surface area (Å²) in [4.78, 5) is 0. The van der Waals surface area contributed by atoms with Gasteiger partial charge in [0.25, 0.3) is 0 Å². The van der Waals surface area contributed by atoms with E-state index in [0.29, 0.717) is 50.9 Å². The number of pyridine rings is 4. The van der Waals surface area contributed by atoms with E-state index in [2.05, 4.69) is 202 Å². The Morgan fingerprint density at radius 1 is 0.250 bits per heavy atom. The van der Waals surface area contributed by atoms with E-state index in [1.54, 1.807) is 43.7 Å². The molecule has 12 rings (SSSR count). The Hall–Kier alpha value is -9.64. The molecule has 536 valence electrons. The van der Waals surface area contributed by atoms with Crippen LogP contribution in [0.5, 0.6) is 0 Å². The van der Waals surface area contributed by atoms with Gasteiger partial charge >= 0.3 is 0 Å². The maximum Gasteiger partial charge on any atom is 0.212 e. The van der Waals surface area contributed by atoms with Crippen molar-refractivity contribution in [1.82, 2.24) is 0 Å². The number of nitrogens with zero attached hydrogens (tertiary/aromatic N) is 4. The predicted molar refractivity (Wildman–Crippen MR) is 445 cm³/mol. The van der Waals surface area contributed by atoms with Crippen molar-refractivity contribution in [2.75, 3.05) is 0 Å². The van der Waals surface area contributed by atoms with E-state index in [9.17, 15) is 0 Å². The first kappa shape index (κ1) is 61.8. The fourth-order valence-corrected chi connectivity index (χ4v) is 14.1. The Morgan fingerprint density at radius 2 is 0.519 bits per heavy atom. The smallest absolute Gasteiger partial charge is 0.201 e. The molecule has 0 spiro atoms. The molecule has 4 nitrogen and oxygen atoms in total. The summed E-state index contributed by atoms with van der Waals surface area (Å²) in [5.41, 5.74) is 31.2. The van der Waals surface area contributed by atoms with E-state index in [0.717, 1.165) is 46.4 Å². The zero-order valence-electron chi connectivity index (χ0n) is 78.8. The quantitative estimate of drug-likeness (QED) is 0.0857. The average Bonchev–Trinajstić information content (AvgIpc) is 0.754. The van der Waals surface area contributed by atoms with Crippen LogP contribution in [0.3, 0.4) is 0 Å². The molecule has 0 aliphatic carbocycles. The molecular formula is C100H120N4+4. The second kappa shape index (κ2) is 35.2. The van der Waals surface area contributed by atoms with Gasteiger partial charge in [0.05, 0.1) is 0 Å². The topological polar surface area (TPSA) is 15.5 Å². The van der Waals surface area contributed by atoms with Crippen LogP contribution in [0.4, 0.5) is 0 Å². The molecule has 8 aromatic carbocycles. The Bertz CT molecular complexity index is 5510. The fraction of sp³-hybridized carbons (Fsp3) is 0.320. The lowest BCUT2D eigenvalue weighted by Gasteiger charge is -2.14. The molecule has 12 aromatic rings. The standard InChI is InChI=1S/4C25H30N/c2*1-17(2)12-22-16-26(6)25(14-18(22)3)24-15-23(19(4)13-20(24)5)21-10-8-7-9-11-21;2*1-17(2)12-22-14-25(26(6)16-20(22)5)24-15-23(18(3)13-19(24)4)21-10-8-7-9-11-21/h4*7-11,13-17H,12H2,1-6H3/q4*+1/i4D3,12D2;;3D3,5D3,12D2;. The SMILES string of the molecule is Cc1c[n+](C)c(-c2cc(-c3ccccc3)c(C)cc2C)cc1CC(C)C.Cc1cc(-c2cc(-c3ccccc3)c(C)cc2C)[n+](C)cc1CC(C)C.[2H]C([2H])([2H])c1cc(C)c(-c2cc(C([2H])([2H])C(C)C)c(C([2H])([2H])[2H])c[n+]2C)cc1-c1ccccc1.[2H]C([2H])([2H])c1cc(C)c(-c2cc(C)c(C([2H])([2H])C(C)C)c[n+]2C)cc1-c1ccccc1. The van der Waals surface area contributed by atoms with Gasteiger partial charge in [0.2, 0.25) is 22.8 Å². The second-order valence-electron chi connectivity index (χ2n) is 30.1. The molecule has 0 bridgehead atoms. The van der Waals surface area contributed by atoms with Crippen LogP contribution in [0.15, 0.2) is 219 Å². The van der Waals surface area contributed by atoms with Gasteiger partial charge in [0.1, 0.15) is 28.2 Å². The first-order valence-corrected chi connectivity index (χ1v) is 36.9. The molecule has 0 saturated carbocycles. The second-order valence-corrected chi connectivity index (χ2v) is 30.1. The lowest BCUT2D eigenvalue weighted by Crippen LogP contribution is -2.32. The van der Waals surface area contributed by atoms with Gasteiger partial charge < -0.3 is 0 Å². The van der Waals surface area contributed by atoms with Crippen molar-refractivity contribution >= 4 is 0 Å². The molecular weight excluding hydrogens is 1260 g/mol. The largest absolute Gasteiger partial charge is 0.212 e. The third kappa shape index (κ3) is 19.6. The minimum Gasteiger partial charge on any atom is -0.201 e. The van der Waals surface area contributed by atoms with Crippen molar-refractivity contribution in [3.05, 3.63) is 308 Å². The normalized spacial score (nSPS) is 13.7. The molecule has 0 aliphatic heterocycles. The minimum absolute atomic E-state index is 0.0301. The van der Waals surface area contributed by atoms with E-state index < -0.39 is 39.2 Å². The van der Waals surface area contributed by atoms with Crippen LogP contribution in [0, 0.1) is 107 Å². The van der Waals surface area contributed by atoms with E-state index >= 15 is 0 Å². The van der Waals surface area contributed by atoms with Crippen molar-refractivity contribution in [1.29, 1.82) is 0 Å². The van der Waals surface area contributed by atoms with E-state index in [4.69, 9.17) is 17.8 Å². The number of rotatable bonds is 16. The van der Waals surface area contributed by atoms with E-state index in [-0.39, 0.29) is 22.6 Å². The van der Waals surface area contributed by atoms with Crippen LogP contribution < -0.4 is 18.3 Å². The number of aryl methyl sites for hydroxylation is 16. The fourth-order valence-electron chi connectivity index (χ4n) is 14.1. The lowest BCUT2D eigenvalue weighted by molar-refractivity contribution is -0.661. The van der Waals surface area contributed by atoms with Gasteiger partial charge in [-0.25, -0.2) is 18.3 Å². The van der Waals surface area contributed by atoms with Crippen LogP contribution in [0.1, 0.15) is 162 Å². The Kier molecular flexibility index (Phi) is 20.9. The zero-order chi connectivity index (χ0) is 86.5. The Morgan fingerprint density at radius 3 is 0.865 bits per heavy atom. The lowest BCUT2D eigenvalue weighted by atomic mass is 9.91. The third-order valence-electron chi connectivity index (χ3n) is 19.4. The molecule has 0 amide bonds. The highest BCUT2D eigenvalue weighted by Crippen LogP contribution is 2.37. The molecule has 0 aliphatic rings. The number of benzene rings is 8. The van der Waals surface area contributed by atoms with Crippen molar-refractivity contribution in [3.63, 3.8) is 0 Å². The van der Waals surface area contributed by atoms with Crippen molar-refractivity contribution in [2.24, 2.45) is 51.9 Å². The summed E-state index contributed by atoms with van der Waals surface area (Å²) in [7, 11) is 7.95. The molecule has 0 unspecified atom stereocenters. The molecule has 0 saturated heterocycles. The van der Waals surface area contributed by atoms with Gasteiger partial charge in [-0.1, -0.05) is 201 Å². The van der Waals surface area contributed by atoms with Gasteiger partial charge in [-0.2, -0.15) is 0 Å². The number of hydrogen-bond donors (Lipinski definition) is 0. The molecule has 0 N–H and O–H groups in total. The van der Waals surface area contributed by atoms with Gasteiger partial charge in [0.15, 0.2) is 24.8 Å². The van der Waals surface area contributed by atoms with E-state index in [1.165, 1.54) is 95.5 Å². The van der Waals surface area contributed by atoms with Crippen LogP contribution in [-0.4, -0.2) is 0 Å². The van der Waals surface area contributed by atoms with Crippen LogP contribution >= 0.6 is 0 Å². The van der Waals surface area contributed by atoms with Crippen LogP contribution in [0.2, 0.25) is 0 Å². The van der Waals surface area contributed by atoms with Crippen molar-refractivity contribution in [3.8, 4) is 89.5 Å². The molecule has 0 fully saturated rings. The van der Waals surface area contributed by atoms with Crippen LogP contribution in [-0.2, 0) is 53.8 Å². The summed E-state index contributed by atoms with van der Waals surface area (Å²) in [5.74, 6) is 0.730. The summed E-state index contributed by atoms with van der Waals surface area (Å²) in [6.45, 7) is 28.3. The first-order valence-electron chi connectivity index (χ1n) is 43.4. The molecule has 104 heavy (non-hydrogen) atoms. The van der Waals surface area contributed by atoms with Gasteiger partial charge in [0, 0.05) is 86.6 Å². The molecule has 4 heterocycles. The van der Waals surface area contributed by atoms with Crippen molar-refractivity contribution in [2.45, 2.75) is 164 Å². The van der Waals surface area contributed by atoms with Crippen LogP contribution in [0.25, 0.3) is 89.5 Å². The monoisotopic (exact) mass is 1390 g/mol. The molecule has 0 radical (unpaired) electrons. The Balaban J connectivity index is 0.000000179. The highest BCUT2D eigenvalue weighted by molar-refractivity contribution is 5.80. The maximum atomic E-state index is 8.65. The summed E-state index contributed by atoms with van der Waals surface area (Å²) >= 11 is 0. The van der Waals surface area contributed by atoms with Crippen molar-refractivity contribution < 1.29 is 36.1 Å². The highest BCUT2D eigenvalue weighted by atomic mass is 14.9. The molecule has 4 heteroatoms. The van der Waals surface area contributed by atoms with Gasteiger partial charge in [-0.3, -0.25) is 0 Å². The summed E-state index contributed by atoms with van der Waals surface area (Å²) in [6, 6.07) is 65.1.